The summed E-state index contributed by atoms with van der Waals surface area (Å²) in [7, 11) is 0. The van der Waals surface area contributed by atoms with Gasteiger partial charge in [0.15, 0.2) is 0 Å². The van der Waals surface area contributed by atoms with E-state index >= 15 is 0 Å². The van der Waals surface area contributed by atoms with Gasteiger partial charge in [0.2, 0.25) is 0 Å². The van der Waals surface area contributed by atoms with E-state index in [1.165, 1.54) is 18.2 Å². The lowest BCUT2D eigenvalue weighted by molar-refractivity contribution is 0.0697. The van der Waals surface area contributed by atoms with Crippen molar-refractivity contribution in [2.75, 3.05) is 6.61 Å². The van der Waals surface area contributed by atoms with Gasteiger partial charge >= 0.3 is 11.7 Å². The monoisotopic (exact) mass is 290 g/mol. The van der Waals surface area contributed by atoms with Crippen molar-refractivity contribution in [2.45, 2.75) is 25.5 Å². The molecule has 0 radical (unpaired) electrons. The van der Waals surface area contributed by atoms with Crippen molar-refractivity contribution >= 4 is 16.9 Å². The van der Waals surface area contributed by atoms with Gasteiger partial charge in [0.1, 0.15) is 0 Å². The van der Waals surface area contributed by atoms with E-state index in [1.54, 1.807) is 0 Å². The van der Waals surface area contributed by atoms with E-state index in [0.29, 0.717) is 6.61 Å². The van der Waals surface area contributed by atoms with Crippen molar-refractivity contribution in [3.05, 3.63) is 44.6 Å². The normalized spacial score (nSPS) is 18.2. The smallest absolute Gasteiger partial charge is 0.335 e. The van der Waals surface area contributed by atoms with Crippen LogP contribution in [-0.2, 0) is 11.3 Å². The molecule has 110 valence electrons. The lowest BCUT2D eigenvalue weighted by Crippen LogP contribution is -2.38. The quantitative estimate of drug-likeness (QED) is 0.860. The number of hydrogen-bond donors (Lipinski definition) is 2. The molecule has 1 aliphatic rings. The zero-order valence-corrected chi connectivity index (χ0v) is 11.2. The van der Waals surface area contributed by atoms with E-state index in [-0.39, 0.29) is 29.1 Å². The first-order chi connectivity index (χ1) is 10.1. The van der Waals surface area contributed by atoms with Gasteiger partial charge in [-0.3, -0.25) is 9.36 Å². The number of carbonyl (C=O) groups is 1. The first-order valence-electron chi connectivity index (χ1n) is 6.68. The molecule has 7 nitrogen and oxygen atoms in total. The Kier molecular flexibility index (Phi) is 3.34. The molecule has 0 unspecified atom stereocenters. The van der Waals surface area contributed by atoms with Gasteiger partial charge < -0.3 is 14.8 Å². The molecule has 0 aliphatic carbocycles. The summed E-state index contributed by atoms with van der Waals surface area (Å²) >= 11 is 0. The molecule has 3 rings (SSSR count). The van der Waals surface area contributed by atoms with Gasteiger partial charge in [0.25, 0.3) is 5.56 Å². The number of benzene rings is 1. The molecule has 0 bridgehead atoms. The number of ether oxygens (including phenoxy) is 1. The van der Waals surface area contributed by atoms with Gasteiger partial charge in [0, 0.05) is 6.61 Å². The lowest BCUT2D eigenvalue weighted by atomic mass is 10.1. The number of H-pyrrole nitrogens is 1. The van der Waals surface area contributed by atoms with Crippen LogP contribution in [0.1, 0.15) is 23.2 Å². The van der Waals surface area contributed by atoms with Gasteiger partial charge in [-0.2, -0.15) is 0 Å². The van der Waals surface area contributed by atoms with Crippen LogP contribution in [0.5, 0.6) is 0 Å². The Morgan fingerprint density at radius 1 is 1.43 bits per heavy atom. The van der Waals surface area contributed by atoms with Gasteiger partial charge in [-0.05, 0) is 31.0 Å². The molecule has 1 aliphatic heterocycles. The van der Waals surface area contributed by atoms with Crippen LogP contribution in [-0.4, -0.2) is 33.3 Å². The predicted octanol–water partition coefficient (Wildman–Crippen LogP) is 0.567. The van der Waals surface area contributed by atoms with E-state index in [1.807, 2.05) is 0 Å². The SMILES string of the molecule is O=C(O)c1ccc2c(=O)n(C[C@@H]3CCCO3)c(=O)[nH]c2c1. The average Bonchev–Trinajstić information content (AvgIpc) is 2.95. The Morgan fingerprint density at radius 3 is 2.90 bits per heavy atom. The van der Waals surface area contributed by atoms with E-state index in [9.17, 15) is 14.4 Å². The maximum atomic E-state index is 12.4. The summed E-state index contributed by atoms with van der Waals surface area (Å²) in [6.45, 7) is 0.859. The zero-order valence-electron chi connectivity index (χ0n) is 11.2. The molecule has 0 spiro atoms. The molecule has 1 atom stereocenters. The number of carboxylic acids is 1. The summed E-state index contributed by atoms with van der Waals surface area (Å²) in [5, 5.41) is 9.22. The number of fused-ring (bicyclic) bond motifs is 1. The Balaban J connectivity index is 2.10. The van der Waals surface area contributed by atoms with Crippen molar-refractivity contribution in [3.8, 4) is 0 Å². The number of aromatic nitrogens is 2. The molecular formula is C14H14N2O5. The number of carboxylic acid groups (broad SMARTS) is 1. The highest BCUT2D eigenvalue weighted by Gasteiger charge is 2.19. The minimum Gasteiger partial charge on any atom is -0.478 e. The van der Waals surface area contributed by atoms with E-state index in [0.717, 1.165) is 17.4 Å². The summed E-state index contributed by atoms with van der Waals surface area (Å²) in [4.78, 5) is 37.9. The van der Waals surface area contributed by atoms with Crippen molar-refractivity contribution in [3.63, 3.8) is 0 Å². The maximum absolute atomic E-state index is 12.4. The van der Waals surface area contributed by atoms with Crippen molar-refractivity contribution in [1.82, 2.24) is 9.55 Å². The zero-order chi connectivity index (χ0) is 15.0. The molecule has 7 heteroatoms. The van der Waals surface area contributed by atoms with Crippen LogP contribution in [0.2, 0.25) is 0 Å². The van der Waals surface area contributed by atoms with Crippen LogP contribution >= 0.6 is 0 Å². The summed E-state index contributed by atoms with van der Waals surface area (Å²) in [5.74, 6) is -1.11. The molecule has 1 saturated heterocycles. The first-order valence-corrected chi connectivity index (χ1v) is 6.68. The Hall–Kier alpha value is -2.41. The standard InChI is InChI=1S/C14H14N2O5/c17-12-10-4-3-8(13(18)19)6-11(10)15-14(20)16(12)7-9-2-1-5-21-9/h3-4,6,9H,1-2,5,7H2,(H,15,20)(H,18,19)/t9-/m0/s1. The number of nitrogens with one attached hydrogen (secondary N) is 1. The van der Waals surface area contributed by atoms with Crippen LogP contribution in [0.3, 0.4) is 0 Å². The van der Waals surface area contributed by atoms with Crippen LogP contribution in [0.25, 0.3) is 10.9 Å². The molecule has 2 N–H and O–H groups in total. The summed E-state index contributed by atoms with van der Waals surface area (Å²) < 4.78 is 6.55. The number of nitrogens with zero attached hydrogens (tertiary/aromatic N) is 1. The fourth-order valence-electron chi connectivity index (χ4n) is 2.55. The second-order valence-corrected chi connectivity index (χ2v) is 5.05. The summed E-state index contributed by atoms with van der Waals surface area (Å²) in [6.07, 6.45) is 1.62. The molecule has 0 amide bonds. The predicted molar refractivity (Wildman–Crippen MR) is 74.8 cm³/mol. The highest BCUT2D eigenvalue weighted by Crippen LogP contribution is 2.13. The van der Waals surface area contributed by atoms with Gasteiger partial charge in [0.05, 0.1) is 29.1 Å². The molecule has 21 heavy (non-hydrogen) atoms. The van der Waals surface area contributed by atoms with E-state index in [4.69, 9.17) is 9.84 Å². The van der Waals surface area contributed by atoms with E-state index < -0.39 is 17.2 Å². The Morgan fingerprint density at radius 2 is 2.24 bits per heavy atom. The third-order valence-corrected chi connectivity index (χ3v) is 3.64. The lowest BCUT2D eigenvalue weighted by Gasteiger charge is -2.11. The average molecular weight is 290 g/mol. The fourth-order valence-corrected chi connectivity index (χ4v) is 2.55. The fraction of sp³-hybridized carbons (Fsp3) is 0.357. The highest BCUT2D eigenvalue weighted by atomic mass is 16.5. The number of aromatic carboxylic acids is 1. The second-order valence-electron chi connectivity index (χ2n) is 5.05. The Bertz CT molecular complexity index is 814. The van der Waals surface area contributed by atoms with Crippen molar-refractivity contribution in [2.24, 2.45) is 0 Å². The van der Waals surface area contributed by atoms with Crippen LogP contribution in [0.15, 0.2) is 27.8 Å². The molecule has 1 aromatic heterocycles. The van der Waals surface area contributed by atoms with Gasteiger partial charge in [-0.25, -0.2) is 9.59 Å². The molecular weight excluding hydrogens is 276 g/mol. The number of rotatable bonds is 3. The van der Waals surface area contributed by atoms with Crippen molar-refractivity contribution in [1.29, 1.82) is 0 Å². The highest BCUT2D eigenvalue weighted by molar-refractivity contribution is 5.92. The van der Waals surface area contributed by atoms with Crippen molar-refractivity contribution < 1.29 is 14.6 Å². The summed E-state index contributed by atoms with van der Waals surface area (Å²) in [5.41, 5.74) is -0.727. The number of hydrogen-bond acceptors (Lipinski definition) is 4. The van der Waals surface area contributed by atoms with Gasteiger partial charge in [-0.15, -0.1) is 0 Å². The van der Waals surface area contributed by atoms with E-state index in [2.05, 4.69) is 4.98 Å². The Labute approximate surface area is 118 Å². The maximum Gasteiger partial charge on any atom is 0.335 e. The van der Waals surface area contributed by atoms with Crippen LogP contribution < -0.4 is 11.2 Å². The minimum atomic E-state index is -1.11. The minimum absolute atomic E-state index is 0.0226. The number of aromatic amines is 1. The molecule has 0 saturated carbocycles. The molecule has 2 aromatic rings. The van der Waals surface area contributed by atoms with Gasteiger partial charge in [-0.1, -0.05) is 0 Å². The third-order valence-electron chi connectivity index (χ3n) is 3.64. The second kappa shape index (κ2) is 5.17. The summed E-state index contributed by atoms with van der Waals surface area (Å²) in [6, 6.07) is 4.06. The third kappa shape index (κ3) is 2.47. The molecule has 1 aromatic carbocycles. The first kappa shape index (κ1) is 13.6. The molecule has 2 heterocycles. The van der Waals surface area contributed by atoms with Crippen LogP contribution in [0, 0.1) is 0 Å². The molecule has 1 fully saturated rings. The topological polar surface area (TPSA) is 101 Å². The van der Waals surface area contributed by atoms with Crippen LogP contribution in [0.4, 0.5) is 0 Å². The largest absolute Gasteiger partial charge is 0.478 e.